The molecule has 0 spiro atoms. The zero-order valence-corrected chi connectivity index (χ0v) is 22.2. The molecule has 0 atom stereocenters. The first-order valence-corrected chi connectivity index (χ1v) is 13.3. The number of carboxylic acids is 1. The smallest absolute Gasteiger partial charge is 0.416 e. The van der Waals surface area contributed by atoms with Crippen molar-refractivity contribution in [3.8, 4) is 5.75 Å². The van der Waals surface area contributed by atoms with Gasteiger partial charge in [0.2, 0.25) is 0 Å². The standard InChI is InChI=1S/C26H27ClF3N3O4S/c1-2-37-31-16-25(7-10-36-20-12-17(13-23(34)35)11-19(27)15-20)5-8-33(9-6-25)24-32-21-4-3-18(26(28,29)30)14-22(21)38-24/h3-4,11-12,14-16H,2,5-10,13H2,1H3,(H,34,35). The lowest BCUT2D eigenvalue weighted by Crippen LogP contribution is -2.42. The van der Waals surface area contributed by atoms with Crippen LogP contribution in [0.3, 0.4) is 0 Å². The quantitative estimate of drug-likeness (QED) is 0.217. The predicted molar refractivity (Wildman–Crippen MR) is 142 cm³/mol. The topological polar surface area (TPSA) is 84.2 Å². The van der Waals surface area contributed by atoms with Crippen LogP contribution in [0, 0.1) is 5.41 Å². The minimum absolute atomic E-state index is 0.152. The first kappa shape index (κ1) is 28.0. The average molecular weight is 570 g/mol. The number of piperidine rings is 1. The van der Waals surface area contributed by atoms with Gasteiger partial charge in [0, 0.05) is 23.5 Å². The molecule has 4 rings (SSSR count). The highest BCUT2D eigenvalue weighted by Gasteiger charge is 2.35. The van der Waals surface area contributed by atoms with Crippen molar-refractivity contribution in [2.75, 3.05) is 31.2 Å². The van der Waals surface area contributed by atoms with E-state index in [1.54, 1.807) is 18.2 Å². The van der Waals surface area contributed by atoms with Crippen LogP contribution in [0.15, 0.2) is 41.6 Å². The maximum atomic E-state index is 13.1. The Bertz CT molecular complexity index is 1310. The number of benzene rings is 2. The van der Waals surface area contributed by atoms with Crippen LogP contribution in [0.1, 0.15) is 37.3 Å². The molecular formula is C26H27ClF3N3O4S. The number of aromatic nitrogens is 1. The van der Waals surface area contributed by atoms with Crippen molar-refractivity contribution in [1.29, 1.82) is 0 Å². The summed E-state index contributed by atoms with van der Waals surface area (Å²) < 4.78 is 45.7. The second kappa shape index (κ2) is 11.8. The van der Waals surface area contributed by atoms with E-state index in [1.807, 2.05) is 13.1 Å². The van der Waals surface area contributed by atoms with Crippen molar-refractivity contribution >= 4 is 50.5 Å². The van der Waals surface area contributed by atoms with Gasteiger partial charge in [0.25, 0.3) is 0 Å². The predicted octanol–water partition coefficient (Wildman–Crippen LogP) is 6.67. The Labute approximate surface area is 226 Å². The van der Waals surface area contributed by atoms with Crippen molar-refractivity contribution in [1.82, 2.24) is 4.98 Å². The Kier molecular flexibility index (Phi) is 8.67. The third-order valence-electron chi connectivity index (χ3n) is 6.42. The third-order valence-corrected chi connectivity index (χ3v) is 7.72. The lowest BCUT2D eigenvalue weighted by molar-refractivity contribution is -0.138. The van der Waals surface area contributed by atoms with E-state index >= 15 is 0 Å². The second-order valence-corrected chi connectivity index (χ2v) is 10.6. The molecule has 3 aromatic rings. The molecule has 12 heteroatoms. The summed E-state index contributed by atoms with van der Waals surface area (Å²) in [5.41, 5.74) is 0.109. The summed E-state index contributed by atoms with van der Waals surface area (Å²) >= 11 is 7.39. The summed E-state index contributed by atoms with van der Waals surface area (Å²) in [6, 6.07) is 8.53. The van der Waals surface area contributed by atoms with Crippen molar-refractivity contribution in [3.63, 3.8) is 0 Å². The van der Waals surface area contributed by atoms with Crippen LogP contribution in [0.4, 0.5) is 18.3 Å². The fourth-order valence-electron chi connectivity index (χ4n) is 4.39. The Morgan fingerprint density at radius 3 is 2.71 bits per heavy atom. The minimum Gasteiger partial charge on any atom is -0.494 e. The fourth-order valence-corrected chi connectivity index (χ4v) is 5.69. The van der Waals surface area contributed by atoms with Crippen molar-refractivity contribution in [2.24, 2.45) is 10.6 Å². The van der Waals surface area contributed by atoms with Gasteiger partial charge in [0.05, 0.1) is 35.0 Å². The Morgan fingerprint density at radius 2 is 2.03 bits per heavy atom. The molecule has 0 unspecified atom stereocenters. The van der Waals surface area contributed by atoms with Crippen LogP contribution in [0.2, 0.25) is 5.02 Å². The number of anilines is 1. The van der Waals surface area contributed by atoms with Gasteiger partial charge in [-0.25, -0.2) is 4.98 Å². The molecule has 1 saturated heterocycles. The summed E-state index contributed by atoms with van der Waals surface area (Å²) in [4.78, 5) is 22.9. The number of hydrogen-bond donors (Lipinski definition) is 1. The molecule has 38 heavy (non-hydrogen) atoms. The first-order valence-electron chi connectivity index (χ1n) is 12.1. The Morgan fingerprint density at radius 1 is 1.26 bits per heavy atom. The number of alkyl halides is 3. The second-order valence-electron chi connectivity index (χ2n) is 9.14. The highest BCUT2D eigenvalue weighted by molar-refractivity contribution is 7.22. The number of aliphatic carboxylic acids is 1. The lowest BCUT2D eigenvalue weighted by Gasteiger charge is -2.39. The highest BCUT2D eigenvalue weighted by atomic mass is 35.5. The molecule has 1 N–H and O–H groups in total. The molecule has 0 bridgehead atoms. The van der Waals surface area contributed by atoms with Crippen LogP contribution in [-0.2, 0) is 22.2 Å². The van der Waals surface area contributed by atoms with Crippen molar-refractivity contribution < 1.29 is 32.6 Å². The molecular weight excluding hydrogens is 543 g/mol. The number of carboxylic acid groups (broad SMARTS) is 1. The largest absolute Gasteiger partial charge is 0.494 e. The SMILES string of the molecule is CCON=CC1(CCOc2cc(Cl)cc(CC(=O)O)c2)CCN(c2nc3ccc(C(F)(F)F)cc3s2)CC1. The molecule has 1 aliphatic rings. The minimum atomic E-state index is -4.39. The number of rotatable bonds is 10. The molecule has 2 aromatic carbocycles. The summed E-state index contributed by atoms with van der Waals surface area (Å²) in [6.45, 7) is 3.93. The molecule has 1 fully saturated rings. The van der Waals surface area contributed by atoms with Gasteiger partial charge in [-0.15, -0.1) is 0 Å². The summed E-state index contributed by atoms with van der Waals surface area (Å²) in [5, 5.41) is 14.3. The van der Waals surface area contributed by atoms with Gasteiger partial charge < -0.3 is 19.6 Å². The number of carbonyl (C=O) groups is 1. The molecule has 0 amide bonds. The Hall–Kier alpha value is -3.05. The highest BCUT2D eigenvalue weighted by Crippen LogP contribution is 2.39. The Balaban J connectivity index is 1.43. The van der Waals surface area contributed by atoms with Gasteiger partial charge in [-0.3, -0.25) is 4.79 Å². The molecule has 0 radical (unpaired) electrons. The van der Waals surface area contributed by atoms with E-state index in [9.17, 15) is 18.0 Å². The van der Waals surface area contributed by atoms with Crippen LogP contribution in [-0.4, -0.2) is 48.6 Å². The van der Waals surface area contributed by atoms with E-state index in [0.29, 0.717) is 64.4 Å². The summed E-state index contributed by atoms with van der Waals surface area (Å²) in [5.74, 6) is -0.458. The van der Waals surface area contributed by atoms with Crippen LogP contribution < -0.4 is 9.64 Å². The lowest BCUT2D eigenvalue weighted by atomic mass is 9.77. The fraction of sp³-hybridized carbons (Fsp3) is 0.423. The van der Waals surface area contributed by atoms with Gasteiger partial charge in [-0.1, -0.05) is 28.1 Å². The monoisotopic (exact) mass is 569 g/mol. The van der Waals surface area contributed by atoms with E-state index in [4.69, 9.17) is 26.3 Å². The average Bonchev–Trinajstić information content (AvgIpc) is 3.27. The van der Waals surface area contributed by atoms with Gasteiger partial charge in [0.15, 0.2) is 5.13 Å². The van der Waals surface area contributed by atoms with Crippen molar-refractivity contribution in [3.05, 3.63) is 52.5 Å². The molecule has 204 valence electrons. The van der Waals surface area contributed by atoms with E-state index in [1.165, 1.54) is 17.4 Å². The maximum Gasteiger partial charge on any atom is 0.416 e. The van der Waals surface area contributed by atoms with Crippen LogP contribution in [0.5, 0.6) is 5.75 Å². The van der Waals surface area contributed by atoms with Gasteiger partial charge >= 0.3 is 12.1 Å². The third kappa shape index (κ3) is 7.08. The molecule has 0 saturated carbocycles. The number of ether oxygens (including phenoxy) is 1. The van der Waals surface area contributed by atoms with Crippen LogP contribution in [0.25, 0.3) is 10.2 Å². The van der Waals surface area contributed by atoms with E-state index in [-0.39, 0.29) is 11.8 Å². The van der Waals surface area contributed by atoms with Gasteiger partial charge in [-0.05, 0) is 68.1 Å². The number of nitrogens with zero attached hydrogens (tertiary/aromatic N) is 3. The normalized spacial score (nSPS) is 15.8. The van der Waals surface area contributed by atoms with E-state index < -0.39 is 17.7 Å². The number of hydrogen-bond acceptors (Lipinski definition) is 7. The number of halogens is 4. The molecule has 1 aliphatic heterocycles. The summed E-state index contributed by atoms with van der Waals surface area (Å²) in [7, 11) is 0. The molecule has 1 aromatic heterocycles. The molecule has 7 nitrogen and oxygen atoms in total. The molecule has 0 aliphatic carbocycles. The maximum absolute atomic E-state index is 13.1. The molecule has 2 heterocycles. The van der Waals surface area contributed by atoms with Gasteiger partial charge in [0.1, 0.15) is 12.4 Å². The number of oxime groups is 1. The first-order chi connectivity index (χ1) is 18.1. The zero-order valence-electron chi connectivity index (χ0n) is 20.6. The summed E-state index contributed by atoms with van der Waals surface area (Å²) in [6.07, 6.45) is -0.659. The van der Waals surface area contributed by atoms with Crippen molar-refractivity contribution in [2.45, 2.75) is 38.8 Å². The van der Waals surface area contributed by atoms with E-state index in [2.05, 4.69) is 15.0 Å². The number of fused-ring (bicyclic) bond motifs is 1. The zero-order chi connectivity index (χ0) is 27.3. The van der Waals surface area contributed by atoms with Crippen LogP contribution >= 0.6 is 22.9 Å². The number of thiazole rings is 1. The van der Waals surface area contributed by atoms with Gasteiger partial charge in [-0.2, -0.15) is 13.2 Å². The van der Waals surface area contributed by atoms with E-state index in [0.717, 1.165) is 25.0 Å².